The summed E-state index contributed by atoms with van der Waals surface area (Å²) in [5.41, 5.74) is 1.17. The smallest absolute Gasteiger partial charge is 0.284 e. The fourth-order valence-electron chi connectivity index (χ4n) is 1.79. The van der Waals surface area contributed by atoms with Crippen LogP contribution in [0, 0.1) is 0 Å². The van der Waals surface area contributed by atoms with E-state index in [1.165, 1.54) is 5.56 Å². The molecular weight excluding hydrogens is 284 g/mol. The van der Waals surface area contributed by atoms with Crippen LogP contribution in [0.1, 0.15) is 17.1 Å². The Balaban J connectivity index is 1.66. The van der Waals surface area contributed by atoms with Gasteiger partial charge in [0.1, 0.15) is 11.5 Å². The molecule has 7 heteroatoms. The van der Waals surface area contributed by atoms with Crippen molar-refractivity contribution in [2.75, 3.05) is 6.54 Å². The maximum Gasteiger partial charge on any atom is 0.284 e. The minimum atomic E-state index is -2.36. The van der Waals surface area contributed by atoms with Crippen LogP contribution in [0.15, 0.2) is 28.9 Å². The molecule has 0 saturated heterocycles. The molecule has 1 N–H and O–H groups in total. The van der Waals surface area contributed by atoms with E-state index in [1.54, 1.807) is 10.7 Å². The largest absolute Gasteiger partial charge is 0.464 e. The average molecular weight is 301 g/mol. The Morgan fingerprint density at radius 3 is 2.90 bits per heavy atom. The van der Waals surface area contributed by atoms with Gasteiger partial charge in [-0.05, 0) is 30.7 Å². The number of furan rings is 1. The molecule has 0 aliphatic rings. The maximum atomic E-state index is 12.0. The molecule has 2 aromatic heterocycles. The lowest BCUT2D eigenvalue weighted by Gasteiger charge is -2.01. The number of hydrogen-bond donors (Lipinski definition) is 1. The number of nitrogens with one attached hydrogen (secondary N) is 1. The highest BCUT2D eigenvalue weighted by atomic mass is 32.2. The first kappa shape index (κ1) is 15.1. The third kappa shape index (κ3) is 4.97. The van der Waals surface area contributed by atoms with E-state index in [1.807, 2.05) is 25.5 Å². The lowest BCUT2D eigenvalue weighted by atomic mass is 10.2. The Labute approximate surface area is 120 Å². The highest BCUT2D eigenvalue weighted by Gasteiger charge is 2.07. The first-order valence-electron chi connectivity index (χ1n) is 6.29. The minimum absolute atomic E-state index is 0.202. The lowest BCUT2D eigenvalue weighted by Crippen LogP contribution is -2.16. The van der Waals surface area contributed by atoms with Crippen LogP contribution in [-0.4, -0.2) is 22.1 Å². The molecule has 0 atom stereocenters. The molecule has 0 bridgehead atoms. The van der Waals surface area contributed by atoms with Gasteiger partial charge < -0.3 is 9.73 Å². The van der Waals surface area contributed by atoms with E-state index in [2.05, 4.69) is 10.4 Å². The SMILES string of the molecule is Cn1cc(CCNCc2ccc(CSC(F)F)o2)cn1. The molecule has 110 valence electrons. The molecule has 0 amide bonds. The Bertz CT molecular complexity index is 527. The van der Waals surface area contributed by atoms with Crippen molar-refractivity contribution in [3.8, 4) is 0 Å². The fraction of sp³-hybridized carbons (Fsp3) is 0.462. The second-order valence-electron chi connectivity index (χ2n) is 4.39. The third-order valence-electron chi connectivity index (χ3n) is 2.72. The number of thioether (sulfide) groups is 1. The van der Waals surface area contributed by atoms with E-state index in [0.29, 0.717) is 24.1 Å². The number of nitrogens with zero attached hydrogens (tertiary/aromatic N) is 2. The van der Waals surface area contributed by atoms with Crippen LogP contribution in [-0.2, 0) is 25.8 Å². The first-order chi connectivity index (χ1) is 9.63. The van der Waals surface area contributed by atoms with Gasteiger partial charge in [0.25, 0.3) is 5.76 Å². The van der Waals surface area contributed by atoms with Crippen LogP contribution in [0.2, 0.25) is 0 Å². The summed E-state index contributed by atoms with van der Waals surface area (Å²) in [7, 11) is 1.89. The van der Waals surface area contributed by atoms with Gasteiger partial charge in [0, 0.05) is 13.2 Å². The van der Waals surface area contributed by atoms with E-state index < -0.39 is 5.76 Å². The molecule has 2 aromatic rings. The Morgan fingerprint density at radius 1 is 1.40 bits per heavy atom. The van der Waals surface area contributed by atoms with Gasteiger partial charge in [-0.3, -0.25) is 4.68 Å². The molecule has 0 aromatic carbocycles. The summed E-state index contributed by atoms with van der Waals surface area (Å²) >= 11 is 0.569. The number of aryl methyl sites for hydroxylation is 1. The van der Waals surface area contributed by atoms with Crippen LogP contribution < -0.4 is 5.32 Å². The van der Waals surface area contributed by atoms with E-state index in [0.717, 1.165) is 18.7 Å². The third-order valence-corrected chi connectivity index (χ3v) is 3.42. The fourth-order valence-corrected chi connectivity index (χ4v) is 2.23. The monoisotopic (exact) mass is 301 g/mol. The van der Waals surface area contributed by atoms with Gasteiger partial charge in [-0.15, -0.1) is 0 Å². The van der Waals surface area contributed by atoms with E-state index in [-0.39, 0.29) is 5.75 Å². The second kappa shape index (κ2) is 7.44. The number of alkyl halides is 2. The average Bonchev–Trinajstić information content (AvgIpc) is 3.01. The van der Waals surface area contributed by atoms with Gasteiger partial charge in [0.15, 0.2) is 0 Å². The van der Waals surface area contributed by atoms with Crippen molar-refractivity contribution >= 4 is 11.8 Å². The summed E-state index contributed by atoms with van der Waals surface area (Å²) in [6, 6.07) is 3.56. The summed E-state index contributed by atoms with van der Waals surface area (Å²) in [6.45, 7) is 1.41. The quantitative estimate of drug-likeness (QED) is 0.761. The molecule has 0 fully saturated rings. The van der Waals surface area contributed by atoms with Crippen LogP contribution in [0.25, 0.3) is 0 Å². The molecule has 0 saturated carbocycles. The summed E-state index contributed by atoms with van der Waals surface area (Å²) in [5.74, 6) is -0.811. The molecule has 0 unspecified atom stereocenters. The van der Waals surface area contributed by atoms with Crippen LogP contribution in [0.3, 0.4) is 0 Å². The predicted molar refractivity (Wildman–Crippen MR) is 74.6 cm³/mol. The zero-order chi connectivity index (χ0) is 14.4. The minimum Gasteiger partial charge on any atom is -0.464 e. The van der Waals surface area contributed by atoms with Crippen molar-refractivity contribution in [2.24, 2.45) is 7.05 Å². The normalized spacial score (nSPS) is 11.4. The topological polar surface area (TPSA) is 43.0 Å². The predicted octanol–water partition coefficient (Wildman–Crippen LogP) is 2.80. The van der Waals surface area contributed by atoms with Gasteiger partial charge in [-0.2, -0.15) is 13.9 Å². The molecule has 0 radical (unpaired) electrons. The van der Waals surface area contributed by atoms with Crippen molar-refractivity contribution in [1.82, 2.24) is 15.1 Å². The Kier molecular flexibility index (Phi) is 5.60. The second-order valence-corrected chi connectivity index (χ2v) is 5.37. The van der Waals surface area contributed by atoms with Gasteiger partial charge in [0.05, 0.1) is 18.5 Å². The van der Waals surface area contributed by atoms with E-state index >= 15 is 0 Å². The molecule has 2 rings (SSSR count). The van der Waals surface area contributed by atoms with Crippen molar-refractivity contribution in [2.45, 2.75) is 24.5 Å². The van der Waals surface area contributed by atoms with Crippen LogP contribution >= 0.6 is 11.8 Å². The van der Waals surface area contributed by atoms with Crippen molar-refractivity contribution in [3.05, 3.63) is 41.6 Å². The van der Waals surface area contributed by atoms with Crippen molar-refractivity contribution in [1.29, 1.82) is 0 Å². The molecular formula is C13H17F2N3OS. The van der Waals surface area contributed by atoms with Crippen molar-refractivity contribution < 1.29 is 13.2 Å². The highest BCUT2D eigenvalue weighted by molar-refractivity contribution is 7.98. The zero-order valence-corrected chi connectivity index (χ0v) is 12.0. The summed E-state index contributed by atoms with van der Waals surface area (Å²) < 4.78 is 31.3. The van der Waals surface area contributed by atoms with Crippen molar-refractivity contribution in [3.63, 3.8) is 0 Å². The summed E-state index contributed by atoms with van der Waals surface area (Å²) in [5, 5.41) is 7.35. The van der Waals surface area contributed by atoms with Gasteiger partial charge in [0.2, 0.25) is 0 Å². The Morgan fingerprint density at radius 2 is 2.20 bits per heavy atom. The number of hydrogen-bond acceptors (Lipinski definition) is 4. The molecule has 20 heavy (non-hydrogen) atoms. The number of aromatic nitrogens is 2. The van der Waals surface area contributed by atoms with E-state index in [4.69, 9.17) is 4.42 Å². The van der Waals surface area contributed by atoms with Crippen LogP contribution in [0.5, 0.6) is 0 Å². The lowest BCUT2D eigenvalue weighted by molar-refractivity contribution is 0.251. The van der Waals surface area contributed by atoms with Gasteiger partial charge in [-0.25, -0.2) is 0 Å². The van der Waals surface area contributed by atoms with Crippen LogP contribution in [0.4, 0.5) is 8.78 Å². The first-order valence-corrected chi connectivity index (χ1v) is 7.34. The standard InChI is InChI=1S/C13H17F2N3OS/c1-18-8-10(6-17-18)4-5-16-7-11-2-3-12(19-11)9-20-13(14)15/h2-3,6,8,13,16H,4-5,7,9H2,1H3. The maximum absolute atomic E-state index is 12.0. The molecule has 0 spiro atoms. The number of halogens is 2. The van der Waals surface area contributed by atoms with Gasteiger partial charge >= 0.3 is 0 Å². The summed E-state index contributed by atoms with van der Waals surface area (Å²) in [4.78, 5) is 0. The van der Waals surface area contributed by atoms with Gasteiger partial charge in [-0.1, -0.05) is 11.8 Å². The Hall–Kier alpha value is -1.34. The molecule has 0 aliphatic carbocycles. The molecule has 0 aliphatic heterocycles. The summed E-state index contributed by atoms with van der Waals surface area (Å²) in [6.07, 6.45) is 4.71. The molecule has 4 nitrogen and oxygen atoms in total. The van der Waals surface area contributed by atoms with E-state index in [9.17, 15) is 8.78 Å². The number of rotatable bonds is 8. The molecule has 2 heterocycles. The zero-order valence-electron chi connectivity index (χ0n) is 11.2. The highest BCUT2D eigenvalue weighted by Crippen LogP contribution is 2.21.